The predicted octanol–water partition coefficient (Wildman–Crippen LogP) is 4.66. The molecule has 2 rings (SSSR count). The fourth-order valence-corrected chi connectivity index (χ4v) is 3.48. The Bertz CT molecular complexity index is 543. The zero-order chi connectivity index (χ0) is 13.1. The summed E-state index contributed by atoms with van der Waals surface area (Å²) in [7, 11) is 0. The van der Waals surface area contributed by atoms with Crippen LogP contribution in [0.25, 0.3) is 0 Å². The summed E-state index contributed by atoms with van der Waals surface area (Å²) in [5, 5.41) is 0. The van der Waals surface area contributed by atoms with E-state index in [-0.39, 0.29) is 5.78 Å². The first-order valence-corrected chi connectivity index (χ1v) is 7.92. The van der Waals surface area contributed by atoms with Gasteiger partial charge in [0, 0.05) is 16.4 Å². The first-order valence-electron chi connectivity index (χ1n) is 5.52. The van der Waals surface area contributed by atoms with Crippen molar-refractivity contribution in [2.45, 2.75) is 19.8 Å². The van der Waals surface area contributed by atoms with Crippen molar-refractivity contribution in [1.29, 1.82) is 0 Å². The fourth-order valence-electron chi connectivity index (χ4n) is 1.50. The van der Waals surface area contributed by atoms with Crippen LogP contribution >= 0.6 is 43.2 Å². The van der Waals surface area contributed by atoms with Crippen LogP contribution in [0.5, 0.6) is 0 Å². The SMILES string of the molecule is CCc1ccc(CC(=O)c2cc(Br)c(Br)s2)nc1. The van der Waals surface area contributed by atoms with Crippen molar-refractivity contribution in [3.63, 3.8) is 0 Å². The molecule has 94 valence electrons. The van der Waals surface area contributed by atoms with Crippen LogP contribution in [0.3, 0.4) is 0 Å². The lowest BCUT2D eigenvalue weighted by Crippen LogP contribution is -2.03. The molecule has 0 amide bonds. The molecule has 0 aliphatic heterocycles. The third-order valence-electron chi connectivity index (χ3n) is 2.56. The summed E-state index contributed by atoms with van der Waals surface area (Å²) in [5.41, 5.74) is 2.01. The first-order chi connectivity index (χ1) is 8.60. The third kappa shape index (κ3) is 3.28. The van der Waals surface area contributed by atoms with Crippen LogP contribution in [0.1, 0.15) is 27.9 Å². The average molecular weight is 389 g/mol. The average Bonchev–Trinajstić information content (AvgIpc) is 2.71. The zero-order valence-corrected chi connectivity index (χ0v) is 13.7. The molecule has 0 spiro atoms. The normalized spacial score (nSPS) is 10.6. The van der Waals surface area contributed by atoms with Crippen molar-refractivity contribution < 1.29 is 4.79 Å². The highest BCUT2D eigenvalue weighted by atomic mass is 79.9. The molecule has 0 aliphatic rings. The molecule has 2 aromatic rings. The number of rotatable bonds is 4. The van der Waals surface area contributed by atoms with Gasteiger partial charge >= 0.3 is 0 Å². The van der Waals surface area contributed by atoms with Crippen molar-refractivity contribution in [1.82, 2.24) is 4.98 Å². The van der Waals surface area contributed by atoms with E-state index in [2.05, 4.69) is 43.8 Å². The number of hydrogen-bond donors (Lipinski definition) is 0. The van der Waals surface area contributed by atoms with Gasteiger partial charge in [-0.05, 0) is 56.0 Å². The van der Waals surface area contributed by atoms with Crippen molar-refractivity contribution in [3.05, 3.63) is 48.8 Å². The minimum absolute atomic E-state index is 0.100. The molecule has 18 heavy (non-hydrogen) atoms. The molecule has 0 unspecified atom stereocenters. The molecule has 0 bridgehead atoms. The number of nitrogens with zero attached hydrogens (tertiary/aromatic N) is 1. The maximum Gasteiger partial charge on any atom is 0.178 e. The van der Waals surface area contributed by atoms with Gasteiger partial charge in [-0.1, -0.05) is 13.0 Å². The number of ketones is 1. The molecule has 0 N–H and O–H groups in total. The summed E-state index contributed by atoms with van der Waals surface area (Å²) < 4.78 is 1.87. The Hall–Kier alpha value is -0.520. The molecule has 2 aromatic heterocycles. The van der Waals surface area contributed by atoms with Gasteiger partial charge in [0.2, 0.25) is 0 Å². The second kappa shape index (κ2) is 6.08. The maximum absolute atomic E-state index is 12.1. The van der Waals surface area contributed by atoms with Gasteiger partial charge in [0.15, 0.2) is 5.78 Å². The van der Waals surface area contributed by atoms with E-state index in [1.165, 1.54) is 16.9 Å². The molecule has 0 fully saturated rings. The van der Waals surface area contributed by atoms with Crippen molar-refractivity contribution in [2.24, 2.45) is 0 Å². The summed E-state index contributed by atoms with van der Waals surface area (Å²) in [6.45, 7) is 2.09. The number of pyridine rings is 1. The van der Waals surface area contributed by atoms with E-state index in [0.29, 0.717) is 6.42 Å². The second-order valence-corrected chi connectivity index (χ2v) is 7.07. The largest absolute Gasteiger partial charge is 0.293 e. The monoisotopic (exact) mass is 387 g/mol. The van der Waals surface area contributed by atoms with E-state index >= 15 is 0 Å². The van der Waals surface area contributed by atoms with E-state index in [4.69, 9.17) is 0 Å². The third-order valence-corrected chi connectivity index (χ3v) is 5.85. The Kier molecular flexibility index (Phi) is 4.70. The van der Waals surface area contributed by atoms with Crippen molar-refractivity contribution >= 4 is 49.0 Å². The summed E-state index contributed by atoms with van der Waals surface area (Å²) >= 11 is 8.22. The lowest BCUT2D eigenvalue weighted by atomic mass is 10.1. The molecule has 2 nitrogen and oxygen atoms in total. The van der Waals surface area contributed by atoms with Crippen LogP contribution in [-0.2, 0) is 12.8 Å². The van der Waals surface area contributed by atoms with E-state index < -0.39 is 0 Å². The van der Waals surface area contributed by atoms with Crippen LogP contribution in [-0.4, -0.2) is 10.8 Å². The van der Waals surface area contributed by atoms with Gasteiger partial charge in [-0.2, -0.15) is 0 Å². The van der Waals surface area contributed by atoms with Crippen LogP contribution in [0.2, 0.25) is 0 Å². The highest BCUT2D eigenvalue weighted by Crippen LogP contribution is 2.32. The number of aryl methyl sites for hydroxylation is 1. The molecule has 0 radical (unpaired) electrons. The van der Waals surface area contributed by atoms with E-state index in [0.717, 1.165) is 25.3 Å². The molecule has 5 heteroatoms. The van der Waals surface area contributed by atoms with E-state index in [9.17, 15) is 4.79 Å². The van der Waals surface area contributed by atoms with Crippen LogP contribution in [0.4, 0.5) is 0 Å². The lowest BCUT2D eigenvalue weighted by molar-refractivity contribution is 0.0996. The second-order valence-electron chi connectivity index (χ2n) is 3.84. The maximum atomic E-state index is 12.1. The van der Waals surface area contributed by atoms with Crippen molar-refractivity contribution in [2.75, 3.05) is 0 Å². The Labute approximate surface area is 127 Å². The highest BCUT2D eigenvalue weighted by molar-refractivity contribution is 9.13. The molecule has 0 aromatic carbocycles. The lowest BCUT2D eigenvalue weighted by Gasteiger charge is -2.00. The fraction of sp³-hybridized carbons (Fsp3) is 0.231. The predicted molar refractivity (Wildman–Crippen MR) is 81.4 cm³/mol. The Morgan fingerprint density at radius 1 is 1.39 bits per heavy atom. The van der Waals surface area contributed by atoms with Gasteiger partial charge in [-0.15, -0.1) is 11.3 Å². The molecule has 2 heterocycles. The molecular weight excluding hydrogens is 378 g/mol. The standard InChI is InChI=1S/C13H11Br2NOS/c1-2-8-3-4-9(16-7-8)5-11(17)12-6-10(14)13(15)18-12/h3-4,6-7H,2,5H2,1H3. The Morgan fingerprint density at radius 3 is 2.67 bits per heavy atom. The number of Topliss-reactive ketones (excluding diaryl/α,β-unsaturated/α-hetero) is 1. The molecule has 0 saturated heterocycles. The van der Waals surface area contributed by atoms with E-state index in [1.807, 2.05) is 24.4 Å². The van der Waals surface area contributed by atoms with Gasteiger partial charge < -0.3 is 0 Å². The molecule has 0 saturated carbocycles. The molecule has 0 atom stereocenters. The molecule has 0 aliphatic carbocycles. The molecular formula is C13H11Br2NOS. The highest BCUT2D eigenvalue weighted by Gasteiger charge is 2.13. The number of hydrogen-bond acceptors (Lipinski definition) is 3. The van der Waals surface area contributed by atoms with Crippen LogP contribution < -0.4 is 0 Å². The summed E-state index contributed by atoms with van der Waals surface area (Å²) in [5.74, 6) is 0.100. The Morgan fingerprint density at radius 2 is 2.17 bits per heavy atom. The number of halogens is 2. The topological polar surface area (TPSA) is 30.0 Å². The zero-order valence-electron chi connectivity index (χ0n) is 9.74. The smallest absolute Gasteiger partial charge is 0.178 e. The quantitative estimate of drug-likeness (QED) is 0.713. The summed E-state index contributed by atoms with van der Waals surface area (Å²) in [6, 6.07) is 5.79. The minimum Gasteiger partial charge on any atom is -0.293 e. The first kappa shape index (κ1) is 13.9. The number of carbonyl (C=O) groups excluding carboxylic acids is 1. The number of carbonyl (C=O) groups is 1. The summed E-state index contributed by atoms with van der Waals surface area (Å²) in [4.78, 5) is 17.1. The van der Waals surface area contributed by atoms with E-state index in [1.54, 1.807) is 0 Å². The number of thiophene rings is 1. The van der Waals surface area contributed by atoms with Gasteiger partial charge in [-0.25, -0.2) is 0 Å². The summed E-state index contributed by atoms with van der Waals surface area (Å²) in [6.07, 6.45) is 3.15. The van der Waals surface area contributed by atoms with Gasteiger partial charge in [-0.3, -0.25) is 9.78 Å². The van der Waals surface area contributed by atoms with Crippen LogP contribution in [0.15, 0.2) is 32.7 Å². The van der Waals surface area contributed by atoms with Gasteiger partial charge in [0.05, 0.1) is 15.1 Å². The van der Waals surface area contributed by atoms with Crippen LogP contribution in [0, 0.1) is 0 Å². The Balaban J connectivity index is 2.10. The van der Waals surface area contributed by atoms with Gasteiger partial charge in [0.1, 0.15) is 0 Å². The van der Waals surface area contributed by atoms with Gasteiger partial charge in [0.25, 0.3) is 0 Å². The van der Waals surface area contributed by atoms with Crippen molar-refractivity contribution in [3.8, 4) is 0 Å². The number of aromatic nitrogens is 1. The minimum atomic E-state index is 0.100.